The first kappa shape index (κ1) is 13.3. The lowest BCUT2D eigenvalue weighted by Crippen LogP contribution is -2.55. The Morgan fingerprint density at radius 1 is 1.12 bits per heavy atom. The van der Waals surface area contributed by atoms with Crippen molar-refractivity contribution >= 4 is 0 Å². The summed E-state index contributed by atoms with van der Waals surface area (Å²) in [5.41, 5.74) is -0.439. The quantitative estimate of drug-likeness (QED) is 0.736. The van der Waals surface area contributed by atoms with E-state index in [-0.39, 0.29) is 0 Å². The van der Waals surface area contributed by atoms with Crippen LogP contribution in [0.15, 0.2) is 0 Å². The monoisotopic (exact) mass is 241 g/mol. The van der Waals surface area contributed by atoms with Gasteiger partial charge in [0.15, 0.2) is 0 Å². The third-order valence-electron chi connectivity index (χ3n) is 4.19. The summed E-state index contributed by atoms with van der Waals surface area (Å²) in [5.74, 6) is 0. The number of piperidine rings is 1. The summed E-state index contributed by atoms with van der Waals surface area (Å²) >= 11 is 0. The lowest BCUT2D eigenvalue weighted by molar-refractivity contribution is -0.0326. The van der Waals surface area contributed by atoms with Crippen molar-refractivity contribution in [1.29, 1.82) is 0 Å². The van der Waals surface area contributed by atoms with Gasteiger partial charge in [-0.25, -0.2) is 0 Å². The van der Waals surface area contributed by atoms with Crippen LogP contribution < -0.4 is 5.32 Å². The Balaban J connectivity index is 1.77. The van der Waals surface area contributed by atoms with E-state index < -0.39 is 5.60 Å². The first-order chi connectivity index (χ1) is 8.09. The van der Waals surface area contributed by atoms with Crippen molar-refractivity contribution in [2.75, 3.05) is 45.8 Å². The molecule has 0 aromatic carbocycles. The van der Waals surface area contributed by atoms with E-state index in [1.165, 1.54) is 0 Å². The van der Waals surface area contributed by atoms with Crippen LogP contribution in [0.5, 0.6) is 0 Å². The molecule has 4 nitrogen and oxygen atoms in total. The molecule has 2 rings (SSSR count). The zero-order chi connectivity index (χ0) is 12.3. The van der Waals surface area contributed by atoms with E-state index in [9.17, 15) is 5.11 Å². The van der Waals surface area contributed by atoms with Gasteiger partial charge >= 0.3 is 0 Å². The maximum Gasteiger partial charge on any atom is 0.0798 e. The molecule has 4 heteroatoms. The Bertz CT molecular complexity index is 231. The fourth-order valence-electron chi connectivity index (χ4n) is 2.90. The van der Waals surface area contributed by atoms with E-state index in [0.717, 1.165) is 58.7 Å². The lowest BCUT2D eigenvalue weighted by Gasteiger charge is -2.42. The van der Waals surface area contributed by atoms with Crippen LogP contribution in [0.3, 0.4) is 0 Å². The first-order valence-corrected chi connectivity index (χ1v) is 6.99. The summed E-state index contributed by atoms with van der Waals surface area (Å²) < 4.78 is 0. The summed E-state index contributed by atoms with van der Waals surface area (Å²) in [7, 11) is 0. The third-order valence-corrected chi connectivity index (χ3v) is 4.19. The molecular formula is C13H27N3O. The SMILES string of the molecule is CC(C)N1CCN(CC2(O)CCNCC2)CC1. The number of nitrogens with one attached hydrogen (secondary N) is 1. The van der Waals surface area contributed by atoms with Crippen molar-refractivity contribution in [2.24, 2.45) is 0 Å². The minimum atomic E-state index is -0.439. The Hall–Kier alpha value is -0.160. The second-order valence-electron chi connectivity index (χ2n) is 5.88. The standard InChI is InChI=1S/C13H27N3O/c1-12(2)16-9-7-15(8-10-16)11-13(17)3-5-14-6-4-13/h12,14,17H,3-11H2,1-2H3. The highest BCUT2D eigenvalue weighted by atomic mass is 16.3. The molecule has 0 aromatic rings. The summed E-state index contributed by atoms with van der Waals surface area (Å²) in [6.45, 7) is 11.8. The molecule has 2 N–H and O–H groups in total. The molecule has 0 aromatic heterocycles. The van der Waals surface area contributed by atoms with E-state index in [4.69, 9.17) is 0 Å². The van der Waals surface area contributed by atoms with Crippen LogP contribution in [0.1, 0.15) is 26.7 Å². The smallest absolute Gasteiger partial charge is 0.0798 e. The molecule has 0 saturated carbocycles. The van der Waals surface area contributed by atoms with Crippen LogP contribution in [0.2, 0.25) is 0 Å². The second-order valence-corrected chi connectivity index (χ2v) is 5.88. The maximum atomic E-state index is 10.5. The third kappa shape index (κ3) is 3.65. The second kappa shape index (κ2) is 5.65. The zero-order valence-corrected chi connectivity index (χ0v) is 11.3. The van der Waals surface area contributed by atoms with Crippen LogP contribution in [0, 0.1) is 0 Å². The summed E-state index contributed by atoms with van der Waals surface area (Å²) in [5, 5.41) is 13.8. The predicted molar refractivity (Wildman–Crippen MR) is 70.2 cm³/mol. The van der Waals surface area contributed by atoms with Gasteiger partial charge < -0.3 is 10.4 Å². The van der Waals surface area contributed by atoms with Crippen LogP contribution in [-0.4, -0.2) is 72.4 Å². The molecule has 0 radical (unpaired) electrons. The Morgan fingerprint density at radius 3 is 2.24 bits per heavy atom. The molecule has 100 valence electrons. The van der Waals surface area contributed by atoms with Crippen molar-refractivity contribution in [2.45, 2.75) is 38.3 Å². The highest BCUT2D eigenvalue weighted by molar-refractivity contribution is 4.88. The highest BCUT2D eigenvalue weighted by Crippen LogP contribution is 2.20. The van der Waals surface area contributed by atoms with Crippen molar-refractivity contribution in [3.8, 4) is 0 Å². The largest absolute Gasteiger partial charge is 0.388 e. The van der Waals surface area contributed by atoms with Crippen LogP contribution in [-0.2, 0) is 0 Å². The predicted octanol–water partition coefficient (Wildman–Crippen LogP) is 0.127. The van der Waals surface area contributed by atoms with Crippen molar-refractivity contribution in [3.63, 3.8) is 0 Å². The number of rotatable bonds is 3. The van der Waals surface area contributed by atoms with Crippen molar-refractivity contribution in [3.05, 3.63) is 0 Å². The molecule has 0 spiro atoms. The number of piperazine rings is 1. The molecule has 0 amide bonds. The highest BCUT2D eigenvalue weighted by Gasteiger charge is 2.32. The van der Waals surface area contributed by atoms with Gasteiger partial charge in [0, 0.05) is 38.8 Å². The van der Waals surface area contributed by atoms with Crippen LogP contribution in [0.4, 0.5) is 0 Å². The number of hydrogen-bond donors (Lipinski definition) is 2. The average Bonchev–Trinajstić information content (AvgIpc) is 2.30. The normalized spacial score (nSPS) is 27.5. The minimum Gasteiger partial charge on any atom is -0.388 e. The number of β-amino-alcohol motifs (C(OH)–C–C–N with tert-alkyl or cyclic N) is 1. The Kier molecular flexibility index (Phi) is 4.42. The van der Waals surface area contributed by atoms with Gasteiger partial charge in [-0.05, 0) is 39.8 Å². The fraction of sp³-hybridized carbons (Fsp3) is 1.00. The molecule has 2 heterocycles. The van der Waals surface area contributed by atoms with Gasteiger partial charge in [0.2, 0.25) is 0 Å². The molecule has 0 bridgehead atoms. The van der Waals surface area contributed by atoms with Crippen molar-refractivity contribution in [1.82, 2.24) is 15.1 Å². The maximum absolute atomic E-state index is 10.5. The zero-order valence-electron chi connectivity index (χ0n) is 11.3. The van der Waals surface area contributed by atoms with Crippen molar-refractivity contribution < 1.29 is 5.11 Å². The molecular weight excluding hydrogens is 214 g/mol. The van der Waals surface area contributed by atoms with Crippen LogP contribution in [0.25, 0.3) is 0 Å². The molecule has 2 aliphatic heterocycles. The van der Waals surface area contributed by atoms with E-state index in [2.05, 4.69) is 29.0 Å². The Morgan fingerprint density at radius 2 is 1.71 bits per heavy atom. The molecule has 0 aliphatic carbocycles. The summed E-state index contributed by atoms with van der Waals surface area (Å²) in [4.78, 5) is 4.95. The summed E-state index contributed by atoms with van der Waals surface area (Å²) in [6, 6.07) is 0.652. The van der Waals surface area contributed by atoms with E-state index in [1.54, 1.807) is 0 Å². The van der Waals surface area contributed by atoms with Gasteiger partial charge in [-0.15, -0.1) is 0 Å². The van der Waals surface area contributed by atoms with E-state index in [0.29, 0.717) is 6.04 Å². The molecule has 0 atom stereocenters. The van der Waals surface area contributed by atoms with Gasteiger partial charge in [0.1, 0.15) is 0 Å². The topological polar surface area (TPSA) is 38.7 Å². The number of aliphatic hydroxyl groups is 1. The number of nitrogens with zero attached hydrogens (tertiary/aromatic N) is 2. The lowest BCUT2D eigenvalue weighted by atomic mass is 9.91. The average molecular weight is 241 g/mol. The minimum absolute atomic E-state index is 0.439. The fourth-order valence-corrected chi connectivity index (χ4v) is 2.90. The van der Waals surface area contributed by atoms with E-state index >= 15 is 0 Å². The van der Waals surface area contributed by atoms with E-state index in [1.807, 2.05) is 0 Å². The van der Waals surface area contributed by atoms with Gasteiger partial charge in [0.25, 0.3) is 0 Å². The van der Waals surface area contributed by atoms with Gasteiger partial charge in [-0.1, -0.05) is 0 Å². The molecule has 17 heavy (non-hydrogen) atoms. The first-order valence-electron chi connectivity index (χ1n) is 6.99. The molecule has 0 unspecified atom stereocenters. The molecule has 2 aliphatic rings. The molecule has 2 saturated heterocycles. The number of hydrogen-bond acceptors (Lipinski definition) is 4. The van der Waals surface area contributed by atoms with Gasteiger partial charge in [0.05, 0.1) is 5.60 Å². The molecule has 2 fully saturated rings. The summed E-state index contributed by atoms with van der Waals surface area (Å²) in [6.07, 6.45) is 1.80. The van der Waals surface area contributed by atoms with Gasteiger partial charge in [-0.3, -0.25) is 9.80 Å². The van der Waals surface area contributed by atoms with Crippen LogP contribution >= 0.6 is 0 Å². The Labute approximate surface area is 105 Å². The van der Waals surface area contributed by atoms with Gasteiger partial charge in [-0.2, -0.15) is 0 Å².